The first kappa shape index (κ1) is 12.3. The van der Waals surface area contributed by atoms with Crippen molar-refractivity contribution in [2.24, 2.45) is 11.7 Å². The molecule has 1 fully saturated rings. The van der Waals surface area contributed by atoms with Gasteiger partial charge in [-0.1, -0.05) is 6.07 Å². The zero-order chi connectivity index (χ0) is 12.3. The van der Waals surface area contributed by atoms with E-state index in [4.69, 9.17) is 5.73 Å². The number of nitrogens with zero attached hydrogens (tertiary/aromatic N) is 1. The summed E-state index contributed by atoms with van der Waals surface area (Å²) in [7, 11) is 0. The third-order valence-corrected chi connectivity index (χ3v) is 4.05. The van der Waals surface area contributed by atoms with E-state index in [-0.39, 0.29) is 5.91 Å². The molecule has 0 saturated carbocycles. The Labute approximate surface area is 106 Å². The van der Waals surface area contributed by atoms with Crippen LogP contribution in [0.2, 0.25) is 0 Å². The van der Waals surface area contributed by atoms with Crippen molar-refractivity contribution in [2.75, 3.05) is 13.1 Å². The largest absolute Gasteiger partial charge is 0.336 e. The van der Waals surface area contributed by atoms with Gasteiger partial charge in [-0.15, -0.1) is 11.3 Å². The van der Waals surface area contributed by atoms with E-state index in [9.17, 15) is 4.79 Å². The lowest BCUT2D eigenvalue weighted by Gasteiger charge is -2.19. The molecule has 1 aliphatic heterocycles. The van der Waals surface area contributed by atoms with Gasteiger partial charge < -0.3 is 10.6 Å². The molecule has 4 heteroatoms. The molecular formula is C13H18N2OS. The maximum atomic E-state index is 12.0. The number of carbonyl (C=O) groups excluding carboxylic acids is 1. The van der Waals surface area contributed by atoms with Gasteiger partial charge in [-0.3, -0.25) is 4.79 Å². The number of carbonyl (C=O) groups is 1. The van der Waals surface area contributed by atoms with Crippen molar-refractivity contribution in [1.82, 2.24) is 4.90 Å². The van der Waals surface area contributed by atoms with Crippen LogP contribution in [0.15, 0.2) is 23.6 Å². The molecule has 2 heterocycles. The molecule has 2 atom stereocenters. The van der Waals surface area contributed by atoms with Gasteiger partial charge in [-0.05, 0) is 43.3 Å². The van der Waals surface area contributed by atoms with Crippen LogP contribution >= 0.6 is 11.3 Å². The van der Waals surface area contributed by atoms with Crippen LogP contribution in [0.3, 0.4) is 0 Å². The van der Waals surface area contributed by atoms with E-state index in [1.807, 2.05) is 28.5 Å². The van der Waals surface area contributed by atoms with Crippen LogP contribution < -0.4 is 5.73 Å². The van der Waals surface area contributed by atoms with Crippen LogP contribution in [0.4, 0.5) is 0 Å². The standard InChI is InChI=1S/C13H18N2OS/c1-10-7-11(8-14)9-15(10)13(16)5-4-12-3-2-6-17-12/h2-6,10-11H,7-9,14H2,1H3/b5-4+. The molecule has 92 valence electrons. The normalized spacial score (nSPS) is 24.7. The van der Waals surface area contributed by atoms with Crippen molar-refractivity contribution >= 4 is 23.3 Å². The Bertz CT molecular complexity index is 400. The van der Waals surface area contributed by atoms with Gasteiger partial charge in [0.25, 0.3) is 0 Å². The molecule has 0 spiro atoms. The van der Waals surface area contributed by atoms with Crippen molar-refractivity contribution in [3.63, 3.8) is 0 Å². The van der Waals surface area contributed by atoms with E-state index in [1.165, 1.54) is 0 Å². The number of nitrogens with two attached hydrogens (primary N) is 1. The Kier molecular flexibility index (Phi) is 3.97. The highest BCUT2D eigenvalue weighted by molar-refractivity contribution is 7.10. The van der Waals surface area contributed by atoms with Crippen molar-refractivity contribution in [2.45, 2.75) is 19.4 Å². The molecule has 2 rings (SSSR count). The summed E-state index contributed by atoms with van der Waals surface area (Å²) in [6.07, 6.45) is 4.58. The quantitative estimate of drug-likeness (QED) is 0.834. The predicted octanol–water partition coefficient (Wildman–Crippen LogP) is 1.96. The zero-order valence-corrected chi connectivity index (χ0v) is 10.8. The summed E-state index contributed by atoms with van der Waals surface area (Å²) in [6.45, 7) is 3.56. The van der Waals surface area contributed by atoms with Gasteiger partial charge in [0.15, 0.2) is 0 Å². The SMILES string of the molecule is CC1CC(CN)CN1C(=O)/C=C/c1cccs1. The second-order valence-corrected chi connectivity index (χ2v) is 5.51. The zero-order valence-electron chi connectivity index (χ0n) is 10.0. The van der Waals surface area contributed by atoms with Crippen molar-refractivity contribution in [3.8, 4) is 0 Å². The fraction of sp³-hybridized carbons (Fsp3) is 0.462. The highest BCUT2D eigenvalue weighted by Gasteiger charge is 2.30. The van der Waals surface area contributed by atoms with E-state index in [0.29, 0.717) is 18.5 Å². The number of amides is 1. The van der Waals surface area contributed by atoms with Crippen LogP contribution in [0.25, 0.3) is 6.08 Å². The first-order valence-corrected chi connectivity index (χ1v) is 6.81. The molecule has 0 bridgehead atoms. The minimum atomic E-state index is 0.0989. The fourth-order valence-electron chi connectivity index (χ4n) is 2.26. The van der Waals surface area contributed by atoms with Gasteiger partial charge in [-0.2, -0.15) is 0 Å². The first-order valence-electron chi connectivity index (χ1n) is 5.93. The van der Waals surface area contributed by atoms with E-state index < -0.39 is 0 Å². The lowest BCUT2D eigenvalue weighted by Crippen LogP contribution is -2.33. The van der Waals surface area contributed by atoms with Gasteiger partial charge in [0.1, 0.15) is 0 Å². The molecule has 2 unspecified atom stereocenters. The number of thiophene rings is 1. The minimum absolute atomic E-state index is 0.0989. The molecule has 0 aliphatic carbocycles. The lowest BCUT2D eigenvalue weighted by atomic mass is 10.1. The summed E-state index contributed by atoms with van der Waals surface area (Å²) in [6, 6.07) is 4.30. The number of rotatable bonds is 3. The molecule has 2 N–H and O–H groups in total. The molecule has 1 amide bonds. The van der Waals surface area contributed by atoms with Gasteiger partial charge in [-0.25, -0.2) is 0 Å². The van der Waals surface area contributed by atoms with Gasteiger partial charge in [0, 0.05) is 23.5 Å². The summed E-state index contributed by atoms with van der Waals surface area (Å²) in [4.78, 5) is 15.0. The summed E-state index contributed by atoms with van der Waals surface area (Å²) < 4.78 is 0. The molecular weight excluding hydrogens is 232 g/mol. The van der Waals surface area contributed by atoms with Gasteiger partial charge in [0.2, 0.25) is 5.91 Å². The molecule has 1 saturated heterocycles. The van der Waals surface area contributed by atoms with E-state index in [2.05, 4.69) is 6.92 Å². The van der Waals surface area contributed by atoms with E-state index >= 15 is 0 Å². The summed E-state index contributed by atoms with van der Waals surface area (Å²) in [5.74, 6) is 0.561. The number of likely N-dealkylation sites (tertiary alicyclic amines) is 1. The van der Waals surface area contributed by atoms with Crippen molar-refractivity contribution < 1.29 is 4.79 Å². The highest BCUT2D eigenvalue weighted by atomic mass is 32.1. The Morgan fingerprint density at radius 3 is 3.12 bits per heavy atom. The van der Waals surface area contributed by atoms with Crippen LogP contribution in [-0.2, 0) is 4.79 Å². The molecule has 17 heavy (non-hydrogen) atoms. The van der Waals surface area contributed by atoms with Crippen LogP contribution in [0.5, 0.6) is 0 Å². The topological polar surface area (TPSA) is 46.3 Å². The first-order chi connectivity index (χ1) is 8.20. The monoisotopic (exact) mass is 250 g/mol. The molecule has 0 aromatic carbocycles. The fourth-order valence-corrected chi connectivity index (χ4v) is 2.87. The van der Waals surface area contributed by atoms with Crippen LogP contribution in [0, 0.1) is 5.92 Å². The Balaban J connectivity index is 1.96. The predicted molar refractivity (Wildman–Crippen MR) is 71.7 cm³/mol. The third-order valence-electron chi connectivity index (χ3n) is 3.21. The van der Waals surface area contributed by atoms with Crippen molar-refractivity contribution in [1.29, 1.82) is 0 Å². The average molecular weight is 250 g/mol. The highest BCUT2D eigenvalue weighted by Crippen LogP contribution is 2.22. The van der Waals surface area contributed by atoms with Gasteiger partial charge >= 0.3 is 0 Å². The molecule has 1 aromatic rings. The molecule has 1 aliphatic rings. The van der Waals surface area contributed by atoms with Crippen LogP contribution in [0.1, 0.15) is 18.2 Å². The third kappa shape index (κ3) is 2.96. The summed E-state index contributed by atoms with van der Waals surface area (Å²) in [5.41, 5.74) is 5.66. The Morgan fingerprint density at radius 1 is 1.71 bits per heavy atom. The number of hydrogen-bond acceptors (Lipinski definition) is 3. The second-order valence-electron chi connectivity index (χ2n) is 4.53. The molecule has 1 aromatic heterocycles. The smallest absolute Gasteiger partial charge is 0.246 e. The Hall–Kier alpha value is -1.13. The van der Waals surface area contributed by atoms with Crippen LogP contribution in [-0.4, -0.2) is 29.9 Å². The summed E-state index contributed by atoms with van der Waals surface area (Å²) >= 11 is 1.64. The average Bonchev–Trinajstić information content (AvgIpc) is 2.94. The maximum absolute atomic E-state index is 12.0. The van der Waals surface area contributed by atoms with E-state index in [1.54, 1.807) is 17.4 Å². The molecule has 3 nitrogen and oxygen atoms in total. The molecule has 0 radical (unpaired) electrons. The van der Waals surface area contributed by atoms with Gasteiger partial charge in [0.05, 0.1) is 0 Å². The summed E-state index contributed by atoms with van der Waals surface area (Å²) in [5, 5.41) is 2.01. The Morgan fingerprint density at radius 2 is 2.53 bits per heavy atom. The number of hydrogen-bond donors (Lipinski definition) is 1. The minimum Gasteiger partial charge on any atom is -0.336 e. The second kappa shape index (κ2) is 5.47. The van der Waals surface area contributed by atoms with E-state index in [0.717, 1.165) is 17.8 Å². The maximum Gasteiger partial charge on any atom is 0.246 e. The lowest BCUT2D eigenvalue weighted by molar-refractivity contribution is -0.126. The van der Waals surface area contributed by atoms with Crippen molar-refractivity contribution in [3.05, 3.63) is 28.5 Å².